The van der Waals surface area contributed by atoms with Crippen LogP contribution in [-0.2, 0) is 26.1 Å². The predicted molar refractivity (Wildman–Crippen MR) is 83.5 cm³/mol. The molecule has 1 N–H and O–H groups in total. The zero-order valence-electron chi connectivity index (χ0n) is 12.1. The van der Waals surface area contributed by atoms with E-state index in [2.05, 4.69) is 65.8 Å². The molecule has 2 aromatic rings. The lowest BCUT2D eigenvalue weighted by Gasteiger charge is -2.23. The van der Waals surface area contributed by atoms with Gasteiger partial charge in [0.25, 0.3) is 0 Å². The molecule has 1 aliphatic rings. The molecule has 0 radical (unpaired) electrons. The third kappa shape index (κ3) is 3.09. The first kappa shape index (κ1) is 13.3. The summed E-state index contributed by atoms with van der Waals surface area (Å²) in [6, 6.07) is 17.4. The van der Waals surface area contributed by atoms with Gasteiger partial charge in [0.05, 0.1) is 0 Å². The topological polar surface area (TPSA) is 15.3 Å². The van der Waals surface area contributed by atoms with Crippen LogP contribution in [0.25, 0.3) is 0 Å². The molecule has 0 spiro atoms. The fraction of sp³-hybridized carbons (Fsp3) is 0.333. The number of hydrogen-bond acceptors (Lipinski definition) is 2. The molecule has 20 heavy (non-hydrogen) atoms. The molecule has 0 saturated carbocycles. The van der Waals surface area contributed by atoms with Gasteiger partial charge in [-0.25, -0.2) is 0 Å². The second-order valence-corrected chi connectivity index (χ2v) is 5.64. The predicted octanol–water partition coefficient (Wildman–Crippen LogP) is 2.96. The highest BCUT2D eigenvalue weighted by molar-refractivity contribution is 5.37. The van der Waals surface area contributed by atoms with Gasteiger partial charge in [-0.3, -0.25) is 4.90 Å². The molecule has 3 rings (SSSR count). The summed E-state index contributed by atoms with van der Waals surface area (Å²) < 4.78 is 0. The van der Waals surface area contributed by atoms with Crippen LogP contribution in [0.4, 0.5) is 0 Å². The molecule has 0 aliphatic carbocycles. The smallest absolute Gasteiger partial charge is 0.0237 e. The van der Waals surface area contributed by atoms with E-state index in [4.69, 9.17) is 0 Å². The van der Waals surface area contributed by atoms with Crippen molar-refractivity contribution in [3.63, 3.8) is 0 Å². The fourth-order valence-corrected chi connectivity index (χ4v) is 3.00. The van der Waals surface area contributed by atoms with Crippen LogP contribution in [0.15, 0.2) is 48.5 Å². The van der Waals surface area contributed by atoms with E-state index >= 15 is 0 Å². The van der Waals surface area contributed by atoms with Crippen molar-refractivity contribution < 1.29 is 0 Å². The SMILES string of the molecule is CN(Cc1ccccc1)Cc1cccc2c1CCNC2. The van der Waals surface area contributed by atoms with Crippen LogP contribution in [0.1, 0.15) is 22.3 Å². The number of fused-ring (bicyclic) bond motifs is 1. The Hall–Kier alpha value is -1.64. The number of nitrogens with one attached hydrogen (secondary N) is 1. The molecule has 1 aliphatic heterocycles. The molecule has 0 atom stereocenters. The van der Waals surface area contributed by atoms with Gasteiger partial charge < -0.3 is 5.32 Å². The van der Waals surface area contributed by atoms with Crippen molar-refractivity contribution in [2.75, 3.05) is 13.6 Å². The lowest BCUT2D eigenvalue weighted by molar-refractivity contribution is 0.317. The molecule has 2 nitrogen and oxygen atoms in total. The van der Waals surface area contributed by atoms with Crippen LogP contribution in [-0.4, -0.2) is 18.5 Å². The molecule has 0 saturated heterocycles. The maximum atomic E-state index is 3.45. The van der Waals surface area contributed by atoms with Gasteiger partial charge in [0.1, 0.15) is 0 Å². The summed E-state index contributed by atoms with van der Waals surface area (Å²) in [5, 5.41) is 3.45. The fourth-order valence-electron chi connectivity index (χ4n) is 3.00. The van der Waals surface area contributed by atoms with Crippen molar-refractivity contribution in [2.24, 2.45) is 0 Å². The molecule has 0 fully saturated rings. The average molecular weight is 266 g/mol. The molecule has 1 heterocycles. The van der Waals surface area contributed by atoms with Crippen molar-refractivity contribution in [3.8, 4) is 0 Å². The summed E-state index contributed by atoms with van der Waals surface area (Å²) in [6.45, 7) is 4.15. The summed E-state index contributed by atoms with van der Waals surface area (Å²) in [6.07, 6.45) is 1.16. The van der Waals surface area contributed by atoms with Gasteiger partial charge in [-0.15, -0.1) is 0 Å². The van der Waals surface area contributed by atoms with Crippen molar-refractivity contribution >= 4 is 0 Å². The molecule has 0 aromatic heterocycles. The molecular weight excluding hydrogens is 244 g/mol. The van der Waals surface area contributed by atoms with Gasteiger partial charge in [0.15, 0.2) is 0 Å². The Kier molecular flexibility index (Phi) is 4.14. The van der Waals surface area contributed by atoms with Crippen molar-refractivity contribution in [3.05, 3.63) is 70.8 Å². The summed E-state index contributed by atoms with van der Waals surface area (Å²) in [4.78, 5) is 2.40. The minimum atomic E-state index is 1.00. The third-order valence-electron chi connectivity index (χ3n) is 3.97. The number of hydrogen-bond donors (Lipinski definition) is 1. The zero-order chi connectivity index (χ0) is 13.8. The molecule has 2 aromatic carbocycles. The highest BCUT2D eigenvalue weighted by Gasteiger charge is 2.13. The first-order chi connectivity index (χ1) is 9.83. The number of nitrogens with zero attached hydrogens (tertiary/aromatic N) is 1. The molecule has 0 bridgehead atoms. The van der Waals surface area contributed by atoms with E-state index in [1.54, 1.807) is 5.56 Å². The van der Waals surface area contributed by atoms with Crippen LogP contribution in [0.5, 0.6) is 0 Å². The van der Waals surface area contributed by atoms with Gasteiger partial charge in [-0.1, -0.05) is 48.5 Å². The van der Waals surface area contributed by atoms with Crippen LogP contribution in [0, 0.1) is 0 Å². The first-order valence-electron chi connectivity index (χ1n) is 7.36. The highest BCUT2D eigenvalue weighted by Crippen LogP contribution is 2.20. The van der Waals surface area contributed by atoms with Gasteiger partial charge in [-0.2, -0.15) is 0 Å². The number of benzene rings is 2. The number of rotatable bonds is 4. The van der Waals surface area contributed by atoms with Gasteiger partial charge >= 0.3 is 0 Å². The van der Waals surface area contributed by atoms with E-state index in [0.717, 1.165) is 32.6 Å². The van der Waals surface area contributed by atoms with Gasteiger partial charge in [-0.05, 0) is 42.3 Å². The summed E-state index contributed by atoms with van der Waals surface area (Å²) in [7, 11) is 2.20. The van der Waals surface area contributed by atoms with Gasteiger partial charge in [0, 0.05) is 19.6 Å². The quantitative estimate of drug-likeness (QED) is 0.915. The minimum absolute atomic E-state index is 1.00. The Morgan fingerprint density at radius 3 is 2.70 bits per heavy atom. The first-order valence-corrected chi connectivity index (χ1v) is 7.36. The summed E-state index contributed by atoms with van der Waals surface area (Å²) >= 11 is 0. The lowest BCUT2D eigenvalue weighted by atomic mass is 9.95. The largest absolute Gasteiger partial charge is 0.312 e. The summed E-state index contributed by atoms with van der Waals surface area (Å²) in [5.74, 6) is 0. The Morgan fingerprint density at radius 2 is 1.85 bits per heavy atom. The van der Waals surface area contributed by atoms with Crippen LogP contribution >= 0.6 is 0 Å². The molecule has 0 amide bonds. The third-order valence-corrected chi connectivity index (χ3v) is 3.97. The van der Waals surface area contributed by atoms with Crippen LogP contribution in [0.2, 0.25) is 0 Å². The maximum absolute atomic E-state index is 3.45. The second-order valence-electron chi connectivity index (χ2n) is 5.64. The van der Waals surface area contributed by atoms with E-state index in [0.29, 0.717) is 0 Å². The average Bonchev–Trinajstić information content (AvgIpc) is 2.48. The van der Waals surface area contributed by atoms with Crippen LogP contribution in [0.3, 0.4) is 0 Å². The van der Waals surface area contributed by atoms with Crippen molar-refractivity contribution in [2.45, 2.75) is 26.1 Å². The van der Waals surface area contributed by atoms with E-state index in [-0.39, 0.29) is 0 Å². The lowest BCUT2D eigenvalue weighted by Crippen LogP contribution is -2.26. The van der Waals surface area contributed by atoms with Crippen molar-refractivity contribution in [1.82, 2.24) is 10.2 Å². The molecule has 104 valence electrons. The minimum Gasteiger partial charge on any atom is -0.312 e. The maximum Gasteiger partial charge on any atom is 0.0237 e. The second kappa shape index (κ2) is 6.21. The van der Waals surface area contributed by atoms with Gasteiger partial charge in [0.2, 0.25) is 0 Å². The zero-order valence-corrected chi connectivity index (χ0v) is 12.1. The summed E-state index contributed by atoms with van der Waals surface area (Å²) in [5.41, 5.74) is 5.90. The Balaban J connectivity index is 1.71. The van der Waals surface area contributed by atoms with E-state index in [1.165, 1.54) is 16.7 Å². The van der Waals surface area contributed by atoms with E-state index in [1.807, 2.05) is 0 Å². The Bertz CT molecular complexity index is 563. The molecule has 0 unspecified atom stereocenters. The molecule has 2 heteroatoms. The Morgan fingerprint density at radius 1 is 1.00 bits per heavy atom. The van der Waals surface area contributed by atoms with E-state index < -0.39 is 0 Å². The standard InChI is InChI=1S/C18H22N2/c1-20(13-15-6-3-2-4-7-15)14-17-9-5-8-16-12-19-11-10-18(16)17/h2-9,19H,10-14H2,1H3. The molecular formula is C18H22N2. The monoisotopic (exact) mass is 266 g/mol. The van der Waals surface area contributed by atoms with E-state index in [9.17, 15) is 0 Å². The van der Waals surface area contributed by atoms with Crippen molar-refractivity contribution in [1.29, 1.82) is 0 Å². The highest BCUT2D eigenvalue weighted by atomic mass is 15.1. The normalized spacial score (nSPS) is 14.3. The van der Waals surface area contributed by atoms with Crippen LogP contribution < -0.4 is 5.32 Å². The Labute approximate surface area is 121 Å².